The van der Waals surface area contributed by atoms with Crippen LogP contribution >= 0.6 is 0 Å². The average molecular weight is 198 g/mol. The summed E-state index contributed by atoms with van der Waals surface area (Å²) in [5, 5.41) is 3.54. The van der Waals surface area contributed by atoms with Crippen molar-refractivity contribution in [2.75, 3.05) is 32.7 Å². The summed E-state index contributed by atoms with van der Waals surface area (Å²) in [6.07, 6.45) is 5.50. The quantitative estimate of drug-likeness (QED) is 0.728. The monoisotopic (exact) mass is 198 g/mol. The minimum absolute atomic E-state index is 0.893. The van der Waals surface area contributed by atoms with Crippen molar-refractivity contribution in [3.8, 4) is 0 Å². The molecule has 0 bridgehead atoms. The molecule has 1 rings (SSSR count). The number of rotatable bonds is 5. The first kappa shape index (κ1) is 12.0. The topological polar surface area (TPSA) is 15.3 Å². The Labute approximate surface area is 89.1 Å². The van der Waals surface area contributed by atoms with Crippen molar-refractivity contribution in [1.29, 1.82) is 0 Å². The van der Waals surface area contributed by atoms with Crippen LogP contribution in [0.5, 0.6) is 0 Å². The van der Waals surface area contributed by atoms with Crippen molar-refractivity contribution in [1.82, 2.24) is 10.2 Å². The van der Waals surface area contributed by atoms with Gasteiger partial charge < -0.3 is 10.2 Å². The van der Waals surface area contributed by atoms with Gasteiger partial charge in [0.15, 0.2) is 0 Å². The molecule has 1 saturated heterocycles. The van der Waals surface area contributed by atoms with Gasteiger partial charge in [0, 0.05) is 6.54 Å². The van der Waals surface area contributed by atoms with E-state index in [9.17, 15) is 0 Å². The van der Waals surface area contributed by atoms with Gasteiger partial charge in [-0.3, -0.25) is 0 Å². The van der Waals surface area contributed by atoms with Gasteiger partial charge in [0.2, 0.25) is 0 Å². The summed E-state index contributed by atoms with van der Waals surface area (Å²) in [5.41, 5.74) is 0. The molecule has 1 atom stereocenters. The Morgan fingerprint density at radius 1 is 1.29 bits per heavy atom. The lowest BCUT2D eigenvalue weighted by molar-refractivity contribution is 0.234. The largest absolute Gasteiger partial charge is 0.316 e. The van der Waals surface area contributed by atoms with Crippen LogP contribution in [0.15, 0.2) is 0 Å². The van der Waals surface area contributed by atoms with Crippen LogP contribution in [-0.2, 0) is 0 Å². The van der Waals surface area contributed by atoms with E-state index in [4.69, 9.17) is 0 Å². The van der Waals surface area contributed by atoms with Crippen LogP contribution in [0.25, 0.3) is 0 Å². The van der Waals surface area contributed by atoms with E-state index in [2.05, 4.69) is 24.1 Å². The first-order valence-electron chi connectivity index (χ1n) is 6.29. The van der Waals surface area contributed by atoms with Gasteiger partial charge in [0.1, 0.15) is 0 Å². The predicted octanol–water partition coefficient (Wildman–Crippen LogP) is 2.11. The third kappa shape index (κ3) is 4.43. The van der Waals surface area contributed by atoms with Crippen molar-refractivity contribution in [3.63, 3.8) is 0 Å². The molecule has 0 amide bonds. The Kier molecular flexibility index (Phi) is 6.20. The van der Waals surface area contributed by atoms with Gasteiger partial charge in [-0.2, -0.15) is 0 Å². The highest BCUT2D eigenvalue weighted by Crippen LogP contribution is 2.12. The van der Waals surface area contributed by atoms with Crippen molar-refractivity contribution in [2.45, 2.75) is 39.5 Å². The first-order chi connectivity index (χ1) is 6.86. The molecule has 84 valence electrons. The van der Waals surface area contributed by atoms with Crippen molar-refractivity contribution < 1.29 is 0 Å². The molecule has 0 spiro atoms. The summed E-state index contributed by atoms with van der Waals surface area (Å²) in [7, 11) is 0. The fraction of sp³-hybridized carbons (Fsp3) is 1.00. The molecular weight excluding hydrogens is 172 g/mol. The van der Waals surface area contributed by atoms with Gasteiger partial charge in [-0.25, -0.2) is 0 Å². The third-order valence-corrected chi connectivity index (χ3v) is 3.15. The van der Waals surface area contributed by atoms with E-state index in [1.807, 2.05) is 0 Å². The average Bonchev–Trinajstić information content (AvgIpc) is 2.45. The third-order valence-electron chi connectivity index (χ3n) is 3.15. The highest BCUT2D eigenvalue weighted by Gasteiger charge is 2.14. The summed E-state index contributed by atoms with van der Waals surface area (Å²) in [6, 6.07) is 0. The summed E-state index contributed by atoms with van der Waals surface area (Å²) >= 11 is 0. The molecule has 0 aliphatic carbocycles. The van der Waals surface area contributed by atoms with Crippen molar-refractivity contribution in [2.24, 2.45) is 5.92 Å². The van der Waals surface area contributed by atoms with E-state index in [0.29, 0.717) is 0 Å². The molecule has 1 unspecified atom stereocenters. The molecule has 1 fully saturated rings. The zero-order chi connectivity index (χ0) is 10.2. The number of nitrogens with one attached hydrogen (secondary N) is 1. The van der Waals surface area contributed by atoms with E-state index in [-0.39, 0.29) is 0 Å². The molecule has 1 aliphatic heterocycles. The maximum atomic E-state index is 3.54. The molecule has 0 aromatic heterocycles. The molecule has 2 nitrogen and oxygen atoms in total. The van der Waals surface area contributed by atoms with Crippen LogP contribution in [0, 0.1) is 5.92 Å². The van der Waals surface area contributed by atoms with Crippen LogP contribution in [0.2, 0.25) is 0 Å². The summed E-state index contributed by atoms with van der Waals surface area (Å²) in [5.74, 6) is 0.893. The normalized spacial score (nSPS) is 23.8. The van der Waals surface area contributed by atoms with Gasteiger partial charge in [-0.1, -0.05) is 20.3 Å². The lowest BCUT2D eigenvalue weighted by Gasteiger charge is -2.25. The Hall–Kier alpha value is -0.0800. The number of hydrogen-bond acceptors (Lipinski definition) is 2. The lowest BCUT2D eigenvalue weighted by atomic mass is 10.0. The molecule has 2 heteroatoms. The molecule has 1 N–H and O–H groups in total. The predicted molar refractivity (Wildman–Crippen MR) is 62.6 cm³/mol. The van der Waals surface area contributed by atoms with Gasteiger partial charge >= 0.3 is 0 Å². The Morgan fingerprint density at radius 3 is 2.86 bits per heavy atom. The fourth-order valence-electron chi connectivity index (χ4n) is 2.31. The maximum absolute atomic E-state index is 3.54. The minimum atomic E-state index is 0.893. The van der Waals surface area contributed by atoms with Crippen LogP contribution in [0.4, 0.5) is 0 Å². The molecule has 0 radical (unpaired) electrons. The number of nitrogens with zero attached hydrogens (tertiary/aromatic N) is 1. The standard InChI is InChI=1S/C12H26N2/c1-3-9-14(4-2)11-12-7-5-6-8-13-10-12/h12-13H,3-11H2,1-2H3. The van der Waals surface area contributed by atoms with E-state index >= 15 is 0 Å². The Morgan fingerprint density at radius 2 is 2.14 bits per heavy atom. The molecule has 14 heavy (non-hydrogen) atoms. The zero-order valence-corrected chi connectivity index (χ0v) is 9.89. The van der Waals surface area contributed by atoms with Gasteiger partial charge in [-0.15, -0.1) is 0 Å². The summed E-state index contributed by atoms with van der Waals surface area (Å²) in [4.78, 5) is 2.59. The minimum Gasteiger partial charge on any atom is -0.316 e. The van der Waals surface area contributed by atoms with E-state index in [1.165, 1.54) is 58.4 Å². The van der Waals surface area contributed by atoms with Gasteiger partial charge in [0.25, 0.3) is 0 Å². The SMILES string of the molecule is CCCN(CC)CC1CCCCNC1. The second-order valence-corrected chi connectivity index (χ2v) is 4.46. The Balaban J connectivity index is 2.24. The molecule has 0 aromatic rings. The molecule has 1 heterocycles. The molecule has 1 aliphatic rings. The smallest absolute Gasteiger partial charge is 0.00217 e. The second kappa shape index (κ2) is 7.24. The van der Waals surface area contributed by atoms with Crippen molar-refractivity contribution >= 4 is 0 Å². The molecule has 0 saturated carbocycles. The maximum Gasteiger partial charge on any atom is 0.00217 e. The summed E-state index contributed by atoms with van der Waals surface area (Å²) in [6.45, 7) is 10.8. The van der Waals surface area contributed by atoms with E-state index in [0.717, 1.165) is 5.92 Å². The van der Waals surface area contributed by atoms with Crippen LogP contribution in [0.1, 0.15) is 39.5 Å². The highest BCUT2D eigenvalue weighted by molar-refractivity contribution is 4.71. The van der Waals surface area contributed by atoms with Crippen LogP contribution < -0.4 is 5.32 Å². The summed E-state index contributed by atoms with van der Waals surface area (Å²) < 4.78 is 0. The second-order valence-electron chi connectivity index (χ2n) is 4.46. The highest BCUT2D eigenvalue weighted by atomic mass is 15.1. The van der Waals surface area contributed by atoms with Crippen LogP contribution in [-0.4, -0.2) is 37.6 Å². The fourth-order valence-corrected chi connectivity index (χ4v) is 2.31. The lowest BCUT2D eigenvalue weighted by Crippen LogP contribution is -2.34. The molecule has 0 aromatic carbocycles. The van der Waals surface area contributed by atoms with E-state index < -0.39 is 0 Å². The Bertz CT molecular complexity index is 128. The van der Waals surface area contributed by atoms with Crippen molar-refractivity contribution in [3.05, 3.63) is 0 Å². The zero-order valence-electron chi connectivity index (χ0n) is 9.89. The van der Waals surface area contributed by atoms with Crippen LogP contribution in [0.3, 0.4) is 0 Å². The van der Waals surface area contributed by atoms with E-state index in [1.54, 1.807) is 0 Å². The first-order valence-corrected chi connectivity index (χ1v) is 6.29. The van der Waals surface area contributed by atoms with Gasteiger partial charge in [0.05, 0.1) is 0 Å². The molecular formula is C12H26N2. The van der Waals surface area contributed by atoms with Gasteiger partial charge in [-0.05, 0) is 51.4 Å². The number of hydrogen-bond donors (Lipinski definition) is 1.